The van der Waals surface area contributed by atoms with Crippen LogP contribution in [0.1, 0.15) is 18.1 Å². The average Bonchev–Trinajstić information content (AvgIpc) is 2.40. The molecular formula is C15H22N2O3. The first-order valence-electron chi connectivity index (χ1n) is 6.91. The summed E-state index contributed by atoms with van der Waals surface area (Å²) in [7, 11) is 0. The number of ether oxygens (including phenoxy) is 1. The number of nitrogens with one attached hydrogen (secondary N) is 2. The highest BCUT2D eigenvalue weighted by atomic mass is 16.5. The first kappa shape index (κ1) is 14.8. The van der Waals surface area contributed by atoms with Crippen LogP contribution in [0, 0.1) is 12.3 Å². The Morgan fingerprint density at radius 3 is 2.75 bits per heavy atom. The predicted molar refractivity (Wildman–Crippen MR) is 77.9 cm³/mol. The van der Waals surface area contributed by atoms with Gasteiger partial charge >= 0.3 is 6.03 Å². The van der Waals surface area contributed by atoms with E-state index in [0.29, 0.717) is 19.8 Å². The van der Waals surface area contributed by atoms with Crippen molar-refractivity contribution in [2.45, 2.75) is 20.3 Å². The third-order valence-corrected chi connectivity index (χ3v) is 3.76. The Balaban J connectivity index is 1.88. The number of aliphatic hydroxyl groups excluding tert-OH is 1. The van der Waals surface area contributed by atoms with Crippen LogP contribution in [0.2, 0.25) is 0 Å². The molecule has 0 aliphatic carbocycles. The zero-order valence-electron chi connectivity index (χ0n) is 12.0. The van der Waals surface area contributed by atoms with Crippen LogP contribution in [0.25, 0.3) is 0 Å². The molecule has 1 aliphatic heterocycles. The van der Waals surface area contributed by atoms with E-state index in [1.54, 1.807) is 0 Å². The molecule has 5 nitrogen and oxygen atoms in total. The first-order valence-corrected chi connectivity index (χ1v) is 6.91. The van der Waals surface area contributed by atoms with Gasteiger partial charge in [-0.25, -0.2) is 4.79 Å². The van der Waals surface area contributed by atoms with Crippen molar-refractivity contribution in [2.75, 3.05) is 31.7 Å². The van der Waals surface area contributed by atoms with Crippen molar-refractivity contribution in [3.8, 4) is 0 Å². The van der Waals surface area contributed by atoms with Crippen LogP contribution in [0.5, 0.6) is 0 Å². The predicted octanol–water partition coefficient (Wildman–Crippen LogP) is 1.69. The quantitative estimate of drug-likeness (QED) is 0.767. The first-order chi connectivity index (χ1) is 9.58. The molecule has 20 heavy (non-hydrogen) atoms. The van der Waals surface area contributed by atoms with Gasteiger partial charge < -0.3 is 20.5 Å². The number of rotatable bonds is 5. The maximum atomic E-state index is 11.9. The van der Waals surface area contributed by atoms with E-state index in [1.807, 2.05) is 18.2 Å². The zero-order chi connectivity index (χ0) is 14.6. The van der Waals surface area contributed by atoms with Gasteiger partial charge in [0.2, 0.25) is 0 Å². The normalized spacial score (nSPS) is 16.4. The molecule has 0 unspecified atom stereocenters. The fourth-order valence-corrected chi connectivity index (χ4v) is 2.21. The molecule has 1 saturated heterocycles. The molecule has 2 amide bonds. The molecule has 1 fully saturated rings. The van der Waals surface area contributed by atoms with Gasteiger partial charge in [0, 0.05) is 12.2 Å². The summed E-state index contributed by atoms with van der Waals surface area (Å²) in [6.07, 6.45) is 0.938. The van der Waals surface area contributed by atoms with Gasteiger partial charge in [-0.05, 0) is 36.6 Å². The summed E-state index contributed by atoms with van der Waals surface area (Å²) >= 11 is 0. The molecule has 3 N–H and O–H groups in total. The minimum atomic E-state index is -0.306. The van der Waals surface area contributed by atoms with E-state index in [9.17, 15) is 9.90 Å². The Bertz CT molecular complexity index is 478. The molecule has 1 aromatic carbocycles. The molecule has 1 heterocycles. The standard InChI is InChI=1S/C15H22N2O3/c1-3-12-6-13(5-4-11(12)2)17-14(19)16-7-15(8-18)9-20-10-15/h4-6,18H,3,7-10H2,1-2H3,(H2,16,17,19). The van der Waals surface area contributed by atoms with Crippen molar-refractivity contribution in [1.82, 2.24) is 5.32 Å². The van der Waals surface area contributed by atoms with E-state index in [-0.39, 0.29) is 18.1 Å². The Labute approximate surface area is 119 Å². The van der Waals surface area contributed by atoms with Gasteiger partial charge in [-0.3, -0.25) is 0 Å². The van der Waals surface area contributed by atoms with Gasteiger partial charge in [-0.15, -0.1) is 0 Å². The molecule has 5 heteroatoms. The minimum Gasteiger partial charge on any atom is -0.396 e. The van der Waals surface area contributed by atoms with Crippen LogP contribution in [-0.4, -0.2) is 37.5 Å². The highest BCUT2D eigenvalue weighted by Crippen LogP contribution is 2.25. The van der Waals surface area contributed by atoms with Crippen molar-refractivity contribution in [3.63, 3.8) is 0 Å². The van der Waals surface area contributed by atoms with E-state index < -0.39 is 0 Å². The third-order valence-electron chi connectivity index (χ3n) is 3.76. The number of anilines is 1. The number of carbonyl (C=O) groups is 1. The number of aliphatic hydroxyl groups is 1. The third kappa shape index (κ3) is 3.29. The molecule has 110 valence electrons. The number of hydrogen-bond donors (Lipinski definition) is 3. The van der Waals surface area contributed by atoms with E-state index >= 15 is 0 Å². The lowest BCUT2D eigenvalue weighted by Crippen LogP contribution is -2.53. The summed E-state index contributed by atoms with van der Waals surface area (Å²) in [6, 6.07) is 5.63. The Hall–Kier alpha value is -1.59. The van der Waals surface area contributed by atoms with E-state index in [4.69, 9.17) is 4.74 Å². The summed E-state index contributed by atoms with van der Waals surface area (Å²) in [4.78, 5) is 11.9. The average molecular weight is 278 g/mol. The van der Waals surface area contributed by atoms with Crippen LogP contribution in [0.15, 0.2) is 18.2 Å². The highest BCUT2D eigenvalue weighted by molar-refractivity contribution is 5.89. The van der Waals surface area contributed by atoms with E-state index in [2.05, 4.69) is 24.5 Å². The zero-order valence-corrected chi connectivity index (χ0v) is 12.0. The Kier molecular flexibility index (Phi) is 4.62. The van der Waals surface area contributed by atoms with Crippen LogP contribution in [0.3, 0.4) is 0 Å². The van der Waals surface area contributed by atoms with Crippen LogP contribution in [-0.2, 0) is 11.2 Å². The van der Waals surface area contributed by atoms with Crippen LogP contribution >= 0.6 is 0 Å². The maximum Gasteiger partial charge on any atom is 0.319 e. The van der Waals surface area contributed by atoms with E-state index in [1.165, 1.54) is 11.1 Å². The van der Waals surface area contributed by atoms with Gasteiger partial charge in [0.1, 0.15) is 0 Å². The smallest absolute Gasteiger partial charge is 0.319 e. The summed E-state index contributed by atoms with van der Waals surface area (Å²) in [6.45, 7) is 5.58. The lowest BCUT2D eigenvalue weighted by Gasteiger charge is -2.39. The fraction of sp³-hybridized carbons (Fsp3) is 0.533. The molecule has 0 spiro atoms. The Morgan fingerprint density at radius 2 is 2.20 bits per heavy atom. The van der Waals surface area contributed by atoms with Gasteiger partial charge in [0.05, 0.1) is 25.2 Å². The summed E-state index contributed by atoms with van der Waals surface area (Å²) in [5.41, 5.74) is 2.93. The SMILES string of the molecule is CCc1cc(NC(=O)NCC2(CO)COC2)ccc1C. The van der Waals surface area contributed by atoms with Crippen molar-refractivity contribution in [1.29, 1.82) is 0 Å². The summed E-state index contributed by atoms with van der Waals surface area (Å²) < 4.78 is 5.09. The number of carbonyl (C=O) groups excluding carboxylic acids is 1. The summed E-state index contributed by atoms with van der Waals surface area (Å²) in [5.74, 6) is 0. The number of benzene rings is 1. The monoisotopic (exact) mass is 278 g/mol. The highest BCUT2D eigenvalue weighted by Gasteiger charge is 2.38. The number of amides is 2. The van der Waals surface area contributed by atoms with Crippen molar-refractivity contribution in [3.05, 3.63) is 29.3 Å². The molecule has 1 aromatic rings. The lowest BCUT2D eigenvalue weighted by atomic mass is 9.87. The minimum absolute atomic E-state index is 0.0256. The molecule has 0 atom stereocenters. The van der Waals surface area contributed by atoms with Crippen LogP contribution in [0.4, 0.5) is 10.5 Å². The van der Waals surface area contributed by atoms with Crippen molar-refractivity contribution >= 4 is 11.7 Å². The second-order valence-corrected chi connectivity index (χ2v) is 5.45. The van der Waals surface area contributed by atoms with Crippen LogP contribution < -0.4 is 10.6 Å². The van der Waals surface area contributed by atoms with Gasteiger partial charge in [0.25, 0.3) is 0 Å². The maximum absolute atomic E-state index is 11.9. The van der Waals surface area contributed by atoms with Gasteiger partial charge in [-0.2, -0.15) is 0 Å². The number of urea groups is 1. The van der Waals surface area contributed by atoms with Crippen molar-refractivity contribution < 1.29 is 14.6 Å². The second-order valence-electron chi connectivity index (χ2n) is 5.45. The van der Waals surface area contributed by atoms with Crippen molar-refractivity contribution in [2.24, 2.45) is 5.41 Å². The molecule has 0 saturated carbocycles. The van der Waals surface area contributed by atoms with E-state index in [0.717, 1.165) is 12.1 Å². The molecule has 2 rings (SSSR count). The van der Waals surface area contributed by atoms with Gasteiger partial charge in [-0.1, -0.05) is 13.0 Å². The molecule has 1 aliphatic rings. The summed E-state index contributed by atoms with van der Waals surface area (Å²) in [5, 5.41) is 14.9. The fourth-order valence-electron chi connectivity index (χ4n) is 2.21. The number of aryl methyl sites for hydroxylation is 2. The molecule has 0 radical (unpaired) electrons. The molecule has 0 aromatic heterocycles. The van der Waals surface area contributed by atoms with Gasteiger partial charge in [0.15, 0.2) is 0 Å². The topological polar surface area (TPSA) is 70.6 Å². The largest absolute Gasteiger partial charge is 0.396 e. The number of hydrogen-bond acceptors (Lipinski definition) is 3. The second kappa shape index (κ2) is 6.24. The Morgan fingerprint density at radius 1 is 1.45 bits per heavy atom. The molecular weight excluding hydrogens is 256 g/mol. The lowest BCUT2D eigenvalue weighted by molar-refractivity contribution is -0.132. The molecule has 0 bridgehead atoms.